The van der Waals surface area contributed by atoms with E-state index in [0.29, 0.717) is 5.92 Å². The molecule has 7 atom stereocenters. The predicted molar refractivity (Wildman–Crippen MR) is 87.1 cm³/mol. The van der Waals surface area contributed by atoms with Crippen LogP contribution < -0.4 is 0 Å². The van der Waals surface area contributed by atoms with Crippen molar-refractivity contribution in [3.63, 3.8) is 0 Å². The fourth-order valence-corrected chi connectivity index (χ4v) is 6.54. The van der Waals surface area contributed by atoms with E-state index < -0.39 is 0 Å². The maximum atomic E-state index is 12.5. The van der Waals surface area contributed by atoms with Gasteiger partial charge in [0.1, 0.15) is 6.10 Å². The van der Waals surface area contributed by atoms with Crippen molar-refractivity contribution in [2.45, 2.75) is 64.9 Å². The van der Waals surface area contributed by atoms with Crippen molar-refractivity contribution in [3.05, 3.63) is 12.2 Å². The number of esters is 1. The van der Waals surface area contributed by atoms with E-state index in [1.54, 1.807) is 0 Å². The maximum absolute atomic E-state index is 12.5. The minimum atomic E-state index is 0.162. The molecule has 2 nitrogen and oxygen atoms in total. The number of hydrogen-bond acceptors (Lipinski definition) is 2. The number of carbonyl (C=O) groups is 1. The molecular formula is C20H30O2. The van der Waals surface area contributed by atoms with Gasteiger partial charge in [-0.1, -0.05) is 26.0 Å². The molecule has 0 radical (unpaired) electrons. The van der Waals surface area contributed by atoms with Gasteiger partial charge in [-0.25, -0.2) is 0 Å². The molecule has 2 heteroatoms. The van der Waals surface area contributed by atoms with E-state index in [1.807, 2.05) is 13.8 Å². The van der Waals surface area contributed by atoms with Crippen molar-refractivity contribution in [1.29, 1.82) is 0 Å². The van der Waals surface area contributed by atoms with Crippen molar-refractivity contribution < 1.29 is 9.53 Å². The van der Waals surface area contributed by atoms with Gasteiger partial charge in [0.25, 0.3) is 0 Å². The Morgan fingerprint density at radius 3 is 2.36 bits per heavy atom. The summed E-state index contributed by atoms with van der Waals surface area (Å²) < 4.78 is 5.82. The monoisotopic (exact) mass is 302 g/mol. The SMILES string of the molecule is CC.O=C(OC1CCCC1)C1CC2CC1C1C3C=CC(C3)C21. The smallest absolute Gasteiger partial charge is 0.309 e. The van der Waals surface area contributed by atoms with Crippen LogP contribution in [0.1, 0.15) is 58.8 Å². The fourth-order valence-electron chi connectivity index (χ4n) is 6.54. The van der Waals surface area contributed by atoms with E-state index in [0.717, 1.165) is 48.9 Å². The van der Waals surface area contributed by atoms with Gasteiger partial charge in [0.2, 0.25) is 0 Å². The first-order valence-electron chi connectivity index (χ1n) is 9.70. The average molecular weight is 302 g/mol. The summed E-state index contributed by atoms with van der Waals surface area (Å²) in [5.41, 5.74) is 0. The largest absolute Gasteiger partial charge is 0.462 e. The Morgan fingerprint density at radius 2 is 1.64 bits per heavy atom. The highest BCUT2D eigenvalue weighted by Crippen LogP contribution is 2.67. The number of allylic oxidation sites excluding steroid dienone is 2. The second-order valence-electron chi connectivity index (χ2n) is 7.95. The van der Waals surface area contributed by atoms with Gasteiger partial charge < -0.3 is 4.74 Å². The predicted octanol–water partition coefficient (Wildman–Crippen LogP) is 4.59. The lowest BCUT2D eigenvalue weighted by Crippen LogP contribution is -2.36. The van der Waals surface area contributed by atoms with Crippen LogP contribution in [0.2, 0.25) is 0 Å². The molecule has 0 aromatic carbocycles. The average Bonchev–Trinajstić information content (AvgIpc) is 3.32. The molecule has 0 amide bonds. The van der Waals surface area contributed by atoms with Crippen LogP contribution in [0.5, 0.6) is 0 Å². The zero-order valence-electron chi connectivity index (χ0n) is 14.0. The lowest BCUT2D eigenvalue weighted by Gasteiger charge is -2.36. The number of fused-ring (bicyclic) bond motifs is 9. The second kappa shape index (κ2) is 5.69. The molecular weight excluding hydrogens is 272 g/mol. The first-order chi connectivity index (χ1) is 10.8. The molecule has 0 saturated heterocycles. The third kappa shape index (κ3) is 2.09. The molecule has 0 aromatic heterocycles. The van der Waals surface area contributed by atoms with Gasteiger partial charge >= 0.3 is 5.97 Å². The molecule has 5 rings (SSSR count). The maximum Gasteiger partial charge on any atom is 0.309 e. The lowest BCUT2D eigenvalue weighted by atomic mass is 9.69. The summed E-state index contributed by atoms with van der Waals surface area (Å²) in [7, 11) is 0. The summed E-state index contributed by atoms with van der Waals surface area (Å²) >= 11 is 0. The number of carbonyl (C=O) groups excluding carboxylic acids is 1. The van der Waals surface area contributed by atoms with E-state index in [9.17, 15) is 4.79 Å². The van der Waals surface area contributed by atoms with Crippen molar-refractivity contribution in [1.82, 2.24) is 0 Å². The summed E-state index contributed by atoms with van der Waals surface area (Å²) in [6, 6.07) is 0. The Morgan fingerprint density at radius 1 is 0.955 bits per heavy atom. The first-order valence-corrected chi connectivity index (χ1v) is 9.70. The van der Waals surface area contributed by atoms with Crippen molar-refractivity contribution >= 4 is 5.97 Å². The summed E-state index contributed by atoms with van der Waals surface area (Å²) in [4.78, 5) is 12.5. The molecule has 122 valence electrons. The Balaban J connectivity index is 0.000000602. The normalized spacial score (nSPS) is 47.5. The van der Waals surface area contributed by atoms with Crippen LogP contribution in [-0.4, -0.2) is 12.1 Å². The van der Waals surface area contributed by atoms with Crippen molar-refractivity contribution in [2.75, 3.05) is 0 Å². The number of hydrogen-bond donors (Lipinski definition) is 0. The molecule has 0 aromatic rings. The molecule has 0 aliphatic heterocycles. The summed E-state index contributed by atoms with van der Waals surface area (Å²) in [6.45, 7) is 4.00. The number of rotatable bonds is 2. The topological polar surface area (TPSA) is 26.3 Å². The molecule has 4 saturated carbocycles. The summed E-state index contributed by atoms with van der Waals surface area (Å²) in [6.07, 6.45) is 13.7. The zero-order valence-corrected chi connectivity index (χ0v) is 14.0. The molecule has 4 bridgehead atoms. The minimum Gasteiger partial charge on any atom is -0.462 e. The third-order valence-corrected chi connectivity index (χ3v) is 7.16. The Bertz CT molecular complexity index is 462. The standard InChI is InChI=1S/C18H24O2.C2H6/c19-18(20-13-3-1-2-4-13)15-9-12-8-14(15)17-11-6-5-10(7-11)16(12)17;1-2/h5-6,10-17H,1-4,7-9H2;1-2H3. The van der Waals surface area contributed by atoms with Gasteiger partial charge in [-0.2, -0.15) is 0 Å². The zero-order chi connectivity index (χ0) is 15.3. The van der Waals surface area contributed by atoms with Crippen LogP contribution in [-0.2, 0) is 9.53 Å². The molecule has 0 spiro atoms. The lowest BCUT2D eigenvalue weighted by molar-refractivity contribution is -0.157. The van der Waals surface area contributed by atoms with Crippen LogP contribution in [0.25, 0.3) is 0 Å². The molecule has 7 unspecified atom stereocenters. The quantitative estimate of drug-likeness (QED) is 0.423. The second-order valence-corrected chi connectivity index (χ2v) is 7.95. The molecule has 5 aliphatic rings. The van der Waals surface area contributed by atoms with Crippen molar-refractivity contribution in [2.24, 2.45) is 41.4 Å². The van der Waals surface area contributed by atoms with Gasteiger partial charge in [-0.05, 0) is 80.5 Å². The molecule has 4 fully saturated rings. The first kappa shape index (κ1) is 14.8. The van der Waals surface area contributed by atoms with Crippen LogP contribution >= 0.6 is 0 Å². The van der Waals surface area contributed by atoms with Gasteiger partial charge in [0, 0.05) is 0 Å². The van der Waals surface area contributed by atoms with E-state index >= 15 is 0 Å². The van der Waals surface area contributed by atoms with Crippen LogP contribution in [0.4, 0.5) is 0 Å². The number of ether oxygens (including phenoxy) is 1. The highest BCUT2D eigenvalue weighted by Gasteiger charge is 2.62. The fraction of sp³-hybridized carbons (Fsp3) is 0.850. The van der Waals surface area contributed by atoms with Crippen LogP contribution in [0.15, 0.2) is 12.2 Å². The van der Waals surface area contributed by atoms with E-state index in [2.05, 4.69) is 12.2 Å². The van der Waals surface area contributed by atoms with Crippen LogP contribution in [0, 0.1) is 41.4 Å². The van der Waals surface area contributed by atoms with Crippen LogP contribution in [0.3, 0.4) is 0 Å². The van der Waals surface area contributed by atoms with E-state index in [-0.39, 0.29) is 18.0 Å². The molecule has 22 heavy (non-hydrogen) atoms. The van der Waals surface area contributed by atoms with Gasteiger partial charge in [0.15, 0.2) is 0 Å². The Labute approximate surface area is 134 Å². The highest BCUT2D eigenvalue weighted by atomic mass is 16.5. The van der Waals surface area contributed by atoms with E-state index in [4.69, 9.17) is 4.74 Å². The molecule has 5 aliphatic carbocycles. The minimum absolute atomic E-state index is 0.162. The third-order valence-electron chi connectivity index (χ3n) is 7.16. The Kier molecular flexibility index (Phi) is 3.82. The highest BCUT2D eigenvalue weighted by molar-refractivity contribution is 5.74. The van der Waals surface area contributed by atoms with Crippen molar-refractivity contribution in [3.8, 4) is 0 Å². The van der Waals surface area contributed by atoms with Gasteiger partial charge in [0.05, 0.1) is 5.92 Å². The van der Waals surface area contributed by atoms with Gasteiger partial charge in [-0.15, -0.1) is 0 Å². The molecule has 0 heterocycles. The molecule has 0 N–H and O–H groups in total. The summed E-state index contributed by atoms with van der Waals surface area (Å²) in [5.74, 6) is 5.28. The van der Waals surface area contributed by atoms with Gasteiger partial charge in [-0.3, -0.25) is 4.79 Å². The van der Waals surface area contributed by atoms with E-state index in [1.165, 1.54) is 25.7 Å². The Hall–Kier alpha value is -0.790. The summed E-state index contributed by atoms with van der Waals surface area (Å²) in [5, 5.41) is 0.